The number of carbonyl (C=O) groups is 2. The predicted octanol–water partition coefficient (Wildman–Crippen LogP) is 4.21. The maximum Gasteiger partial charge on any atom is 0.417 e. The third kappa shape index (κ3) is 6.13. The van der Waals surface area contributed by atoms with Gasteiger partial charge in [0, 0.05) is 5.56 Å². The van der Waals surface area contributed by atoms with Crippen LogP contribution in [0.5, 0.6) is 11.5 Å². The first-order valence-corrected chi connectivity index (χ1v) is 9.21. The fourth-order valence-electron chi connectivity index (χ4n) is 2.51. The molecule has 0 aliphatic carbocycles. The molecule has 0 aliphatic heterocycles. The lowest BCUT2D eigenvalue weighted by Gasteiger charge is -2.14. The lowest BCUT2D eigenvalue weighted by molar-refractivity contribution is -0.137. The van der Waals surface area contributed by atoms with Gasteiger partial charge in [-0.2, -0.15) is 13.2 Å². The van der Waals surface area contributed by atoms with Gasteiger partial charge in [-0.25, -0.2) is 0 Å². The zero-order chi connectivity index (χ0) is 22.3. The molecule has 0 saturated heterocycles. The summed E-state index contributed by atoms with van der Waals surface area (Å²) in [6.45, 7) is 4.61. The second-order valence-corrected chi connectivity index (χ2v) is 6.85. The topological polar surface area (TPSA) is 76.7 Å². The third-order valence-corrected chi connectivity index (χ3v) is 4.15. The fraction of sp³-hybridized carbons (Fsp3) is 0.333. The van der Waals surface area contributed by atoms with Crippen molar-refractivity contribution in [3.63, 3.8) is 0 Å². The first-order chi connectivity index (χ1) is 14.1. The van der Waals surface area contributed by atoms with Crippen molar-refractivity contribution in [2.45, 2.75) is 26.4 Å². The molecule has 0 fully saturated rings. The van der Waals surface area contributed by atoms with Crippen molar-refractivity contribution in [2.75, 3.05) is 13.7 Å². The molecule has 162 valence electrons. The first-order valence-electron chi connectivity index (χ1n) is 9.21. The Morgan fingerprint density at radius 2 is 1.67 bits per heavy atom. The van der Waals surface area contributed by atoms with Crippen LogP contribution in [0.25, 0.3) is 0 Å². The summed E-state index contributed by atoms with van der Waals surface area (Å²) in [6, 6.07) is 8.71. The third-order valence-electron chi connectivity index (χ3n) is 4.15. The molecule has 9 heteroatoms. The second-order valence-electron chi connectivity index (χ2n) is 6.85. The second kappa shape index (κ2) is 10.00. The minimum atomic E-state index is -4.70. The first kappa shape index (κ1) is 23.1. The number of hydrazine groups is 1. The van der Waals surface area contributed by atoms with E-state index in [0.29, 0.717) is 24.0 Å². The normalized spacial score (nSPS) is 11.2. The number of methoxy groups -OCH3 is 1. The van der Waals surface area contributed by atoms with Gasteiger partial charge in [0.2, 0.25) is 0 Å². The number of carbonyl (C=O) groups excluding carboxylic acids is 2. The van der Waals surface area contributed by atoms with Gasteiger partial charge in [-0.3, -0.25) is 20.4 Å². The summed E-state index contributed by atoms with van der Waals surface area (Å²) in [7, 11) is 1.42. The molecule has 2 rings (SSSR count). The van der Waals surface area contributed by atoms with Crippen molar-refractivity contribution in [3.05, 3.63) is 59.2 Å². The summed E-state index contributed by atoms with van der Waals surface area (Å²) < 4.78 is 50.0. The molecule has 0 bridgehead atoms. The fourth-order valence-corrected chi connectivity index (χ4v) is 2.51. The lowest BCUT2D eigenvalue weighted by atomic mass is 10.1. The van der Waals surface area contributed by atoms with Crippen molar-refractivity contribution in [1.82, 2.24) is 10.9 Å². The van der Waals surface area contributed by atoms with E-state index in [4.69, 9.17) is 9.47 Å². The van der Waals surface area contributed by atoms with Crippen molar-refractivity contribution < 1.29 is 32.2 Å². The monoisotopic (exact) mass is 424 g/mol. The van der Waals surface area contributed by atoms with Crippen LogP contribution in [0.2, 0.25) is 0 Å². The molecule has 2 aromatic rings. The van der Waals surface area contributed by atoms with E-state index in [-0.39, 0.29) is 5.56 Å². The van der Waals surface area contributed by atoms with Gasteiger partial charge in [0.05, 0.1) is 24.8 Å². The highest BCUT2D eigenvalue weighted by Crippen LogP contribution is 2.32. The highest BCUT2D eigenvalue weighted by atomic mass is 19.4. The number of ether oxygens (including phenoxy) is 2. The maximum atomic E-state index is 13.0. The Labute approximate surface area is 172 Å². The summed E-state index contributed by atoms with van der Waals surface area (Å²) in [4.78, 5) is 24.4. The number of hydrogen-bond donors (Lipinski definition) is 2. The van der Waals surface area contributed by atoms with Crippen molar-refractivity contribution in [2.24, 2.45) is 5.92 Å². The van der Waals surface area contributed by atoms with E-state index in [9.17, 15) is 22.8 Å². The smallest absolute Gasteiger partial charge is 0.417 e. The number of rotatable bonds is 7. The molecule has 0 spiro atoms. The molecular formula is C21H23F3N2O4. The van der Waals surface area contributed by atoms with Crippen LogP contribution in [0.4, 0.5) is 13.2 Å². The van der Waals surface area contributed by atoms with Crippen LogP contribution in [-0.4, -0.2) is 25.5 Å². The molecule has 0 atom stereocenters. The van der Waals surface area contributed by atoms with E-state index in [2.05, 4.69) is 19.3 Å². The number of amides is 2. The number of nitrogens with one attached hydrogen (secondary N) is 2. The van der Waals surface area contributed by atoms with Crippen LogP contribution in [-0.2, 0) is 6.18 Å². The zero-order valence-electron chi connectivity index (χ0n) is 16.8. The Balaban J connectivity index is 2.05. The summed E-state index contributed by atoms with van der Waals surface area (Å²) in [5.41, 5.74) is 2.54. The quantitative estimate of drug-likeness (QED) is 0.653. The van der Waals surface area contributed by atoms with Crippen LogP contribution in [0.1, 0.15) is 46.5 Å². The van der Waals surface area contributed by atoms with Gasteiger partial charge in [0.15, 0.2) is 11.5 Å². The maximum absolute atomic E-state index is 13.0. The van der Waals surface area contributed by atoms with Crippen LogP contribution in [0.15, 0.2) is 42.5 Å². The van der Waals surface area contributed by atoms with E-state index in [0.717, 1.165) is 18.6 Å². The van der Waals surface area contributed by atoms with E-state index in [1.54, 1.807) is 6.07 Å². The molecule has 0 radical (unpaired) electrons. The highest BCUT2D eigenvalue weighted by Gasteiger charge is 2.34. The molecule has 0 aromatic heterocycles. The Bertz CT molecular complexity index is 898. The molecule has 2 aromatic carbocycles. The molecule has 0 unspecified atom stereocenters. The van der Waals surface area contributed by atoms with E-state index < -0.39 is 29.1 Å². The van der Waals surface area contributed by atoms with Gasteiger partial charge in [0.25, 0.3) is 11.8 Å². The minimum absolute atomic E-state index is 0.132. The van der Waals surface area contributed by atoms with Crippen LogP contribution in [0.3, 0.4) is 0 Å². The Hall–Kier alpha value is -3.23. The summed E-state index contributed by atoms with van der Waals surface area (Å²) >= 11 is 0. The average Bonchev–Trinajstić information content (AvgIpc) is 2.71. The van der Waals surface area contributed by atoms with Crippen molar-refractivity contribution in [1.29, 1.82) is 0 Å². The number of benzene rings is 2. The standard InChI is InChI=1S/C21H23F3N2O4/c1-13(2)10-11-30-17-9-8-14(12-18(17)29-3)19(27)25-26-20(28)15-6-4-5-7-16(15)21(22,23)24/h4-9,12-13H,10-11H2,1-3H3,(H,25,27)(H,26,28). The molecule has 2 N–H and O–H groups in total. The number of hydrogen-bond acceptors (Lipinski definition) is 4. The van der Waals surface area contributed by atoms with E-state index in [1.807, 2.05) is 5.43 Å². The predicted molar refractivity (Wildman–Crippen MR) is 104 cm³/mol. The van der Waals surface area contributed by atoms with Crippen LogP contribution >= 0.6 is 0 Å². The van der Waals surface area contributed by atoms with Gasteiger partial charge in [-0.05, 0) is 42.7 Å². The van der Waals surface area contributed by atoms with Gasteiger partial charge >= 0.3 is 6.18 Å². The molecule has 30 heavy (non-hydrogen) atoms. The molecular weight excluding hydrogens is 401 g/mol. The Morgan fingerprint density at radius 3 is 2.30 bits per heavy atom. The van der Waals surface area contributed by atoms with Gasteiger partial charge in [-0.15, -0.1) is 0 Å². The van der Waals surface area contributed by atoms with Gasteiger partial charge < -0.3 is 9.47 Å². The lowest BCUT2D eigenvalue weighted by Crippen LogP contribution is -2.42. The van der Waals surface area contributed by atoms with Crippen LogP contribution in [0, 0.1) is 5.92 Å². The molecule has 0 heterocycles. The average molecular weight is 424 g/mol. The SMILES string of the molecule is COc1cc(C(=O)NNC(=O)c2ccccc2C(F)(F)F)ccc1OCCC(C)C. The number of halogens is 3. The summed E-state index contributed by atoms with van der Waals surface area (Å²) in [6.07, 6.45) is -3.85. The largest absolute Gasteiger partial charge is 0.493 e. The molecule has 0 saturated carbocycles. The van der Waals surface area contributed by atoms with Crippen LogP contribution < -0.4 is 20.3 Å². The van der Waals surface area contributed by atoms with Gasteiger partial charge in [0.1, 0.15) is 0 Å². The minimum Gasteiger partial charge on any atom is -0.493 e. The van der Waals surface area contributed by atoms with Gasteiger partial charge in [-0.1, -0.05) is 26.0 Å². The zero-order valence-corrected chi connectivity index (χ0v) is 16.8. The summed E-state index contributed by atoms with van der Waals surface area (Å²) in [5, 5.41) is 0. The molecule has 6 nitrogen and oxygen atoms in total. The van der Waals surface area contributed by atoms with Crippen molar-refractivity contribution in [3.8, 4) is 11.5 Å². The summed E-state index contributed by atoms with van der Waals surface area (Å²) in [5.74, 6) is -0.568. The van der Waals surface area contributed by atoms with E-state index >= 15 is 0 Å². The number of alkyl halides is 3. The molecule has 0 aliphatic rings. The Kier molecular flexibility index (Phi) is 7.68. The Morgan fingerprint density at radius 1 is 1.00 bits per heavy atom. The van der Waals surface area contributed by atoms with Crippen molar-refractivity contribution >= 4 is 11.8 Å². The van der Waals surface area contributed by atoms with E-state index in [1.165, 1.54) is 31.4 Å². The molecule has 2 amide bonds. The highest BCUT2D eigenvalue weighted by molar-refractivity contribution is 6.00.